The number of hydrogen-bond acceptors (Lipinski definition) is 2. The standard InChI is InChI=1S/C14H20ClNO/c1-10-6-14(5-4-13(10)7-15)16-8-11(2)17-12(3)9-16/h4-6,11-12H,7-9H2,1-3H3/t11-,12+. The van der Waals surface area contributed by atoms with Crippen molar-refractivity contribution in [2.45, 2.75) is 38.9 Å². The fraction of sp³-hybridized carbons (Fsp3) is 0.571. The Kier molecular flexibility index (Phi) is 3.95. The van der Waals surface area contributed by atoms with Crippen LogP contribution in [0.15, 0.2) is 18.2 Å². The second kappa shape index (κ2) is 5.28. The molecular weight excluding hydrogens is 234 g/mol. The molecule has 0 radical (unpaired) electrons. The van der Waals surface area contributed by atoms with E-state index in [1.807, 2.05) is 0 Å². The van der Waals surface area contributed by atoms with Gasteiger partial charge in [-0.25, -0.2) is 0 Å². The van der Waals surface area contributed by atoms with Crippen molar-refractivity contribution in [1.82, 2.24) is 0 Å². The van der Waals surface area contributed by atoms with E-state index in [-0.39, 0.29) is 0 Å². The van der Waals surface area contributed by atoms with Crippen molar-refractivity contribution in [3.63, 3.8) is 0 Å². The predicted molar refractivity (Wildman–Crippen MR) is 73.0 cm³/mol. The van der Waals surface area contributed by atoms with E-state index in [0.29, 0.717) is 18.1 Å². The first-order chi connectivity index (χ1) is 8.10. The molecule has 0 N–H and O–H groups in total. The van der Waals surface area contributed by atoms with Crippen molar-refractivity contribution in [1.29, 1.82) is 0 Å². The van der Waals surface area contributed by atoms with Crippen LogP contribution in [0.3, 0.4) is 0 Å². The van der Waals surface area contributed by atoms with Crippen molar-refractivity contribution in [3.05, 3.63) is 29.3 Å². The van der Waals surface area contributed by atoms with Crippen LogP contribution in [-0.2, 0) is 10.6 Å². The van der Waals surface area contributed by atoms with Gasteiger partial charge in [0.05, 0.1) is 12.2 Å². The molecule has 1 aromatic rings. The summed E-state index contributed by atoms with van der Waals surface area (Å²) in [4.78, 5) is 2.39. The minimum atomic E-state index is 0.298. The third kappa shape index (κ3) is 2.93. The molecule has 0 saturated carbocycles. The molecule has 3 heteroatoms. The van der Waals surface area contributed by atoms with Gasteiger partial charge in [-0.05, 0) is 44.0 Å². The lowest BCUT2D eigenvalue weighted by Gasteiger charge is -2.37. The van der Waals surface area contributed by atoms with Crippen molar-refractivity contribution >= 4 is 17.3 Å². The summed E-state index contributed by atoms with van der Waals surface area (Å²) in [6.07, 6.45) is 0.596. The van der Waals surface area contributed by atoms with E-state index < -0.39 is 0 Å². The van der Waals surface area contributed by atoms with E-state index in [2.05, 4.69) is 43.9 Å². The molecule has 1 saturated heterocycles. The van der Waals surface area contributed by atoms with Gasteiger partial charge in [-0.15, -0.1) is 11.6 Å². The first-order valence-corrected chi connectivity index (χ1v) is 6.69. The van der Waals surface area contributed by atoms with Crippen LogP contribution in [-0.4, -0.2) is 25.3 Å². The van der Waals surface area contributed by atoms with E-state index in [9.17, 15) is 0 Å². The summed E-state index contributed by atoms with van der Waals surface area (Å²) in [6, 6.07) is 6.51. The maximum absolute atomic E-state index is 5.88. The van der Waals surface area contributed by atoms with Crippen LogP contribution in [0.5, 0.6) is 0 Å². The van der Waals surface area contributed by atoms with E-state index >= 15 is 0 Å². The lowest BCUT2D eigenvalue weighted by atomic mass is 10.1. The Hall–Kier alpha value is -0.730. The highest BCUT2D eigenvalue weighted by molar-refractivity contribution is 6.17. The lowest BCUT2D eigenvalue weighted by molar-refractivity contribution is -0.00522. The number of morpholine rings is 1. The molecule has 0 aromatic heterocycles. The zero-order valence-corrected chi connectivity index (χ0v) is 11.5. The zero-order valence-electron chi connectivity index (χ0n) is 10.7. The average Bonchev–Trinajstić information content (AvgIpc) is 2.27. The van der Waals surface area contributed by atoms with Gasteiger partial charge >= 0.3 is 0 Å². The molecule has 0 amide bonds. The molecular formula is C14H20ClNO. The van der Waals surface area contributed by atoms with Gasteiger partial charge in [0.1, 0.15) is 0 Å². The Morgan fingerprint density at radius 2 is 1.94 bits per heavy atom. The van der Waals surface area contributed by atoms with Crippen LogP contribution in [0, 0.1) is 6.92 Å². The van der Waals surface area contributed by atoms with E-state index in [1.165, 1.54) is 16.8 Å². The molecule has 0 unspecified atom stereocenters. The molecule has 2 nitrogen and oxygen atoms in total. The van der Waals surface area contributed by atoms with Gasteiger partial charge in [0.2, 0.25) is 0 Å². The Labute approximate surface area is 109 Å². The molecule has 2 atom stereocenters. The fourth-order valence-electron chi connectivity index (χ4n) is 2.42. The number of anilines is 1. The maximum Gasteiger partial charge on any atom is 0.0726 e. The summed E-state index contributed by atoms with van der Waals surface area (Å²) in [5.74, 6) is 0.585. The SMILES string of the molecule is Cc1cc(N2C[C@@H](C)O[C@@H](C)C2)ccc1CCl. The van der Waals surface area contributed by atoms with Gasteiger partial charge in [0.25, 0.3) is 0 Å². The number of rotatable bonds is 2. The number of nitrogens with zero attached hydrogens (tertiary/aromatic N) is 1. The highest BCUT2D eigenvalue weighted by Crippen LogP contribution is 2.23. The van der Waals surface area contributed by atoms with Gasteiger partial charge in [0.15, 0.2) is 0 Å². The second-order valence-corrected chi connectivity index (χ2v) is 5.17. The highest BCUT2D eigenvalue weighted by atomic mass is 35.5. The number of hydrogen-bond donors (Lipinski definition) is 0. The van der Waals surface area contributed by atoms with Gasteiger partial charge in [-0.1, -0.05) is 6.07 Å². The van der Waals surface area contributed by atoms with Crippen LogP contribution >= 0.6 is 11.6 Å². The monoisotopic (exact) mass is 253 g/mol. The van der Waals surface area contributed by atoms with E-state index in [4.69, 9.17) is 16.3 Å². The Morgan fingerprint density at radius 1 is 1.29 bits per heavy atom. The number of benzene rings is 1. The number of ether oxygens (including phenoxy) is 1. The van der Waals surface area contributed by atoms with Crippen molar-refractivity contribution in [2.24, 2.45) is 0 Å². The van der Waals surface area contributed by atoms with Crippen LogP contribution in [0.25, 0.3) is 0 Å². The smallest absolute Gasteiger partial charge is 0.0726 e. The molecule has 94 valence electrons. The molecule has 1 aromatic carbocycles. The normalized spacial score (nSPS) is 25.1. The van der Waals surface area contributed by atoms with E-state index in [1.54, 1.807) is 0 Å². The number of alkyl halides is 1. The third-order valence-corrected chi connectivity index (χ3v) is 3.54. The van der Waals surface area contributed by atoms with Gasteiger partial charge in [-0.2, -0.15) is 0 Å². The molecule has 0 aliphatic carbocycles. The third-order valence-electron chi connectivity index (χ3n) is 3.25. The lowest BCUT2D eigenvalue weighted by Crippen LogP contribution is -2.45. The minimum absolute atomic E-state index is 0.298. The van der Waals surface area contributed by atoms with Crippen LogP contribution in [0.2, 0.25) is 0 Å². The number of aryl methyl sites for hydroxylation is 1. The van der Waals surface area contributed by atoms with Crippen LogP contribution in [0.4, 0.5) is 5.69 Å². The first-order valence-electron chi connectivity index (χ1n) is 6.16. The van der Waals surface area contributed by atoms with Crippen molar-refractivity contribution < 1.29 is 4.74 Å². The summed E-state index contributed by atoms with van der Waals surface area (Å²) in [5.41, 5.74) is 3.76. The summed E-state index contributed by atoms with van der Waals surface area (Å²) in [5, 5.41) is 0. The topological polar surface area (TPSA) is 12.5 Å². The van der Waals surface area contributed by atoms with Crippen molar-refractivity contribution in [3.8, 4) is 0 Å². The fourth-order valence-corrected chi connectivity index (χ4v) is 2.72. The second-order valence-electron chi connectivity index (χ2n) is 4.91. The van der Waals surface area contributed by atoms with Crippen LogP contribution < -0.4 is 4.90 Å². The largest absolute Gasteiger partial charge is 0.372 e. The van der Waals surface area contributed by atoms with Crippen LogP contribution in [0.1, 0.15) is 25.0 Å². The molecule has 1 aliphatic rings. The predicted octanol–water partition coefficient (Wildman–Crippen LogP) is 3.35. The summed E-state index contributed by atoms with van der Waals surface area (Å²) >= 11 is 5.88. The van der Waals surface area contributed by atoms with Crippen molar-refractivity contribution in [2.75, 3.05) is 18.0 Å². The maximum atomic E-state index is 5.88. The Bertz CT molecular complexity index is 384. The highest BCUT2D eigenvalue weighted by Gasteiger charge is 2.22. The Balaban J connectivity index is 2.19. The molecule has 0 bridgehead atoms. The van der Waals surface area contributed by atoms with E-state index in [0.717, 1.165) is 13.1 Å². The zero-order chi connectivity index (χ0) is 12.4. The summed E-state index contributed by atoms with van der Waals surface area (Å²) in [7, 11) is 0. The summed E-state index contributed by atoms with van der Waals surface area (Å²) in [6.45, 7) is 8.30. The number of halogens is 1. The molecule has 17 heavy (non-hydrogen) atoms. The van der Waals surface area contributed by atoms with Gasteiger partial charge < -0.3 is 9.64 Å². The molecule has 1 aliphatic heterocycles. The molecule has 0 spiro atoms. The van der Waals surface area contributed by atoms with Gasteiger partial charge in [-0.3, -0.25) is 0 Å². The quantitative estimate of drug-likeness (QED) is 0.750. The minimum Gasteiger partial charge on any atom is -0.372 e. The first kappa shape index (κ1) is 12.7. The molecule has 2 rings (SSSR count). The molecule has 1 heterocycles. The van der Waals surface area contributed by atoms with Gasteiger partial charge in [0, 0.05) is 24.7 Å². The molecule has 1 fully saturated rings. The Morgan fingerprint density at radius 3 is 2.47 bits per heavy atom. The summed E-state index contributed by atoms with van der Waals surface area (Å²) < 4.78 is 5.75. The average molecular weight is 254 g/mol.